The average Bonchev–Trinajstić information content (AvgIpc) is 3.32. The molecule has 6 nitrogen and oxygen atoms in total. The number of hydrogen-bond acceptors (Lipinski definition) is 3. The quantitative estimate of drug-likeness (QED) is 0.198. The number of furan rings is 1. The fraction of sp³-hybridized carbons (Fsp3) is 0.364. The van der Waals surface area contributed by atoms with Gasteiger partial charge in [-0.05, 0) is 44.0 Å². The Balaban J connectivity index is 0.00000300. The molecule has 3 rings (SSSR count). The van der Waals surface area contributed by atoms with Crippen molar-refractivity contribution in [1.82, 2.24) is 20.4 Å². The Morgan fingerprint density at radius 1 is 1.07 bits per heavy atom. The lowest BCUT2D eigenvalue weighted by molar-refractivity contribution is 0.506. The number of benzene rings is 1. The van der Waals surface area contributed by atoms with Crippen LogP contribution in [0.1, 0.15) is 29.1 Å². The van der Waals surface area contributed by atoms with Gasteiger partial charge in [-0.2, -0.15) is 5.10 Å². The van der Waals surface area contributed by atoms with Gasteiger partial charge in [0, 0.05) is 31.7 Å². The molecule has 2 N–H and O–H groups in total. The second-order valence-electron chi connectivity index (χ2n) is 6.84. The van der Waals surface area contributed by atoms with Gasteiger partial charge >= 0.3 is 0 Å². The summed E-state index contributed by atoms with van der Waals surface area (Å²) in [7, 11) is 0. The van der Waals surface area contributed by atoms with Crippen LogP contribution in [0, 0.1) is 13.8 Å². The molecule has 1 aromatic carbocycles. The molecule has 2 aromatic heterocycles. The van der Waals surface area contributed by atoms with Crippen LogP contribution in [0.3, 0.4) is 0 Å². The Bertz CT molecular complexity index is 859. The third-order valence-corrected chi connectivity index (χ3v) is 4.45. The van der Waals surface area contributed by atoms with Crippen LogP contribution in [0.25, 0.3) is 0 Å². The summed E-state index contributed by atoms with van der Waals surface area (Å²) in [4.78, 5) is 4.72. The summed E-state index contributed by atoms with van der Waals surface area (Å²) in [6.45, 7) is 7.26. The molecule has 156 valence electrons. The van der Waals surface area contributed by atoms with E-state index in [0.29, 0.717) is 6.54 Å². The highest BCUT2D eigenvalue weighted by atomic mass is 127. The second-order valence-corrected chi connectivity index (χ2v) is 6.84. The van der Waals surface area contributed by atoms with Crippen molar-refractivity contribution < 1.29 is 4.42 Å². The summed E-state index contributed by atoms with van der Waals surface area (Å²) < 4.78 is 7.45. The van der Waals surface area contributed by atoms with Crippen LogP contribution in [0.5, 0.6) is 0 Å². The number of nitrogens with zero attached hydrogens (tertiary/aromatic N) is 3. The van der Waals surface area contributed by atoms with E-state index in [2.05, 4.69) is 45.5 Å². The van der Waals surface area contributed by atoms with E-state index >= 15 is 0 Å². The molecule has 0 saturated heterocycles. The molecule has 0 amide bonds. The summed E-state index contributed by atoms with van der Waals surface area (Å²) in [6, 6.07) is 16.3. The molecule has 0 atom stereocenters. The predicted octanol–water partition coefficient (Wildman–Crippen LogP) is 4.08. The van der Waals surface area contributed by atoms with Crippen molar-refractivity contribution in [3.05, 3.63) is 77.5 Å². The summed E-state index contributed by atoms with van der Waals surface area (Å²) in [5, 5.41) is 11.3. The highest BCUT2D eigenvalue weighted by Gasteiger charge is 2.03. The molecule has 7 heteroatoms. The number of aromatic nitrogens is 2. The van der Waals surface area contributed by atoms with E-state index in [0.717, 1.165) is 49.9 Å². The molecule has 0 unspecified atom stereocenters. The number of nitrogens with one attached hydrogen (secondary N) is 2. The van der Waals surface area contributed by atoms with E-state index in [-0.39, 0.29) is 24.0 Å². The molecule has 0 aliphatic carbocycles. The predicted molar refractivity (Wildman–Crippen MR) is 128 cm³/mol. The van der Waals surface area contributed by atoms with Crippen molar-refractivity contribution in [2.75, 3.05) is 13.1 Å². The second kappa shape index (κ2) is 12.3. The maximum absolute atomic E-state index is 5.40. The molecule has 2 heterocycles. The van der Waals surface area contributed by atoms with Gasteiger partial charge in [0.2, 0.25) is 0 Å². The molecule has 0 aliphatic heterocycles. The van der Waals surface area contributed by atoms with Crippen molar-refractivity contribution in [3.63, 3.8) is 0 Å². The van der Waals surface area contributed by atoms with Crippen molar-refractivity contribution in [3.8, 4) is 0 Å². The van der Waals surface area contributed by atoms with Gasteiger partial charge in [0.25, 0.3) is 0 Å². The van der Waals surface area contributed by atoms with E-state index in [1.165, 1.54) is 11.3 Å². The number of aryl methyl sites for hydroxylation is 3. The van der Waals surface area contributed by atoms with Crippen LogP contribution in [0.2, 0.25) is 0 Å². The molecule has 29 heavy (non-hydrogen) atoms. The van der Waals surface area contributed by atoms with Gasteiger partial charge < -0.3 is 15.1 Å². The van der Waals surface area contributed by atoms with Crippen molar-refractivity contribution >= 4 is 29.9 Å². The van der Waals surface area contributed by atoms with Gasteiger partial charge in [-0.1, -0.05) is 30.3 Å². The first-order valence-corrected chi connectivity index (χ1v) is 9.80. The Hall–Kier alpha value is -2.29. The minimum absolute atomic E-state index is 0. The number of hydrogen-bond donors (Lipinski definition) is 2. The number of rotatable bonds is 9. The lowest BCUT2D eigenvalue weighted by Crippen LogP contribution is -2.39. The zero-order valence-electron chi connectivity index (χ0n) is 17.1. The molecular formula is C22H30IN5O. The van der Waals surface area contributed by atoms with Crippen molar-refractivity contribution in [1.29, 1.82) is 0 Å². The minimum atomic E-state index is 0. The third kappa shape index (κ3) is 7.92. The van der Waals surface area contributed by atoms with Crippen LogP contribution < -0.4 is 10.6 Å². The van der Waals surface area contributed by atoms with E-state index in [1.807, 2.05) is 37.3 Å². The highest BCUT2D eigenvalue weighted by Crippen LogP contribution is 2.03. The molecular weight excluding hydrogens is 477 g/mol. The Morgan fingerprint density at radius 3 is 2.55 bits per heavy atom. The van der Waals surface area contributed by atoms with Crippen LogP contribution >= 0.6 is 24.0 Å². The van der Waals surface area contributed by atoms with Gasteiger partial charge in [-0.15, -0.1) is 24.0 Å². The Kier molecular flexibility index (Phi) is 9.76. The van der Waals surface area contributed by atoms with Gasteiger partial charge in [0.05, 0.1) is 18.5 Å². The smallest absolute Gasteiger partial charge is 0.191 e. The molecule has 0 spiro atoms. The monoisotopic (exact) mass is 507 g/mol. The van der Waals surface area contributed by atoms with Crippen molar-refractivity contribution in [2.24, 2.45) is 4.99 Å². The fourth-order valence-electron chi connectivity index (χ4n) is 3.02. The van der Waals surface area contributed by atoms with E-state index in [1.54, 1.807) is 6.26 Å². The van der Waals surface area contributed by atoms with E-state index in [4.69, 9.17) is 9.41 Å². The number of halogens is 1. The van der Waals surface area contributed by atoms with E-state index in [9.17, 15) is 0 Å². The molecule has 0 fully saturated rings. The topological polar surface area (TPSA) is 67.4 Å². The standard InChI is InChI=1S/C22H29N5O.HI/c1-18-16-19(2)27(26-18)14-7-12-23-22(24-13-11-21-10-6-15-28-21)25-17-20-8-4-3-5-9-20;/h3-6,8-10,15-16H,7,11-14,17H2,1-2H3,(H2,23,24,25);1H. The molecule has 0 saturated carbocycles. The van der Waals surface area contributed by atoms with Crippen LogP contribution in [0.4, 0.5) is 0 Å². The van der Waals surface area contributed by atoms with Gasteiger partial charge in [0.15, 0.2) is 5.96 Å². The van der Waals surface area contributed by atoms with Gasteiger partial charge in [0.1, 0.15) is 5.76 Å². The maximum atomic E-state index is 5.40. The SMILES string of the molecule is Cc1cc(C)n(CCCNC(=NCc2ccccc2)NCCc2ccco2)n1.I. The summed E-state index contributed by atoms with van der Waals surface area (Å²) in [5.41, 5.74) is 3.46. The van der Waals surface area contributed by atoms with Crippen molar-refractivity contribution in [2.45, 2.75) is 39.8 Å². The highest BCUT2D eigenvalue weighted by molar-refractivity contribution is 14.0. The lowest BCUT2D eigenvalue weighted by Gasteiger charge is -2.13. The molecule has 0 bridgehead atoms. The first kappa shape index (κ1) is 23.0. The zero-order valence-corrected chi connectivity index (χ0v) is 19.4. The first-order valence-electron chi connectivity index (χ1n) is 9.80. The molecule has 0 aliphatic rings. The Labute approximate surface area is 189 Å². The van der Waals surface area contributed by atoms with Gasteiger partial charge in [-0.25, -0.2) is 4.99 Å². The minimum Gasteiger partial charge on any atom is -0.469 e. The molecule has 3 aromatic rings. The lowest BCUT2D eigenvalue weighted by atomic mass is 10.2. The van der Waals surface area contributed by atoms with Crippen LogP contribution in [0.15, 0.2) is 64.2 Å². The number of aliphatic imine (C=N–C) groups is 1. The Morgan fingerprint density at radius 2 is 1.86 bits per heavy atom. The largest absolute Gasteiger partial charge is 0.469 e. The first-order chi connectivity index (χ1) is 13.7. The molecule has 0 radical (unpaired) electrons. The van der Waals surface area contributed by atoms with Gasteiger partial charge in [-0.3, -0.25) is 4.68 Å². The summed E-state index contributed by atoms with van der Waals surface area (Å²) in [6.07, 6.45) is 3.51. The average molecular weight is 507 g/mol. The van der Waals surface area contributed by atoms with E-state index < -0.39 is 0 Å². The zero-order chi connectivity index (χ0) is 19.6. The number of guanidine groups is 1. The van der Waals surface area contributed by atoms with Crippen LogP contribution in [-0.2, 0) is 19.5 Å². The normalized spacial score (nSPS) is 11.2. The fourth-order valence-corrected chi connectivity index (χ4v) is 3.02. The summed E-state index contributed by atoms with van der Waals surface area (Å²) in [5.74, 6) is 1.79. The third-order valence-electron chi connectivity index (χ3n) is 4.45. The summed E-state index contributed by atoms with van der Waals surface area (Å²) >= 11 is 0. The maximum Gasteiger partial charge on any atom is 0.191 e. The van der Waals surface area contributed by atoms with Crippen LogP contribution in [-0.4, -0.2) is 28.8 Å².